The number of carbonyl (C=O) groups excluding carboxylic acids is 1. The summed E-state index contributed by atoms with van der Waals surface area (Å²) in [6.07, 6.45) is 3.36. The van der Waals surface area contributed by atoms with Gasteiger partial charge in [0.1, 0.15) is 6.61 Å². The number of hydrogen-bond acceptors (Lipinski definition) is 5. The fraction of sp³-hybridized carbons (Fsp3) is 0.400. The van der Waals surface area contributed by atoms with Gasteiger partial charge in [-0.1, -0.05) is 44.9 Å². The molecule has 4 heterocycles. The third-order valence-corrected chi connectivity index (χ3v) is 6.48. The SMILES string of the molecule is CCCCCO[C@]1(CC)C(=O)OCc2c1cc1n(c2=O)Cc2cc3ccccc3nc2-1. The minimum absolute atomic E-state index is 0.0148. The molecule has 0 fully saturated rings. The van der Waals surface area contributed by atoms with Crippen LogP contribution in [0.25, 0.3) is 22.3 Å². The maximum Gasteiger partial charge on any atom is 0.343 e. The van der Waals surface area contributed by atoms with Crippen molar-refractivity contribution in [2.45, 2.75) is 58.3 Å². The fourth-order valence-electron chi connectivity index (χ4n) is 4.75. The number of pyridine rings is 2. The van der Waals surface area contributed by atoms with E-state index in [9.17, 15) is 9.59 Å². The van der Waals surface area contributed by atoms with Gasteiger partial charge < -0.3 is 14.0 Å². The Morgan fingerprint density at radius 2 is 2.00 bits per heavy atom. The van der Waals surface area contributed by atoms with Crippen molar-refractivity contribution < 1.29 is 14.3 Å². The highest BCUT2D eigenvalue weighted by atomic mass is 16.6. The molecular formula is C25H26N2O4. The maximum atomic E-state index is 13.4. The Kier molecular flexibility index (Phi) is 4.89. The minimum atomic E-state index is -1.24. The van der Waals surface area contributed by atoms with E-state index >= 15 is 0 Å². The number of esters is 1. The largest absolute Gasteiger partial charge is 0.458 e. The third kappa shape index (κ3) is 3.00. The summed E-state index contributed by atoms with van der Waals surface area (Å²) in [5, 5.41) is 1.05. The average Bonchev–Trinajstić information content (AvgIpc) is 3.14. The van der Waals surface area contributed by atoms with Crippen LogP contribution in [0.1, 0.15) is 56.2 Å². The molecule has 0 saturated carbocycles. The lowest BCUT2D eigenvalue weighted by atomic mass is 9.85. The van der Waals surface area contributed by atoms with Gasteiger partial charge in [-0.15, -0.1) is 0 Å². The van der Waals surface area contributed by atoms with Crippen LogP contribution in [0.3, 0.4) is 0 Å². The van der Waals surface area contributed by atoms with Crippen molar-refractivity contribution in [3.8, 4) is 11.4 Å². The average molecular weight is 418 g/mol. The van der Waals surface area contributed by atoms with Crippen molar-refractivity contribution in [2.24, 2.45) is 0 Å². The number of fused-ring (bicyclic) bond motifs is 5. The Labute approximate surface area is 180 Å². The van der Waals surface area contributed by atoms with Crippen molar-refractivity contribution in [1.82, 2.24) is 9.55 Å². The number of unbranched alkanes of at least 4 members (excludes halogenated alkanes) is 2. The van der Waals surface area contributed by atoms with Crippen LogP contribution in [-0.2, 0) is 33.0 Å². The summed E-state index contributed by atoms with van der Waals surface area (Å²) in [6.45, 7) is 4.94. The van der Waals surface area contributed by atoms with Crippen LogP contribution in [0, 0.1) is 0 Å². The molecule has 0 N–H and O–H groups in total. The molecule has 0 aliphatic carbocycles. The highest BCUT2D eigenvalue weighted by molar-refractivity contribution is 5.86. The van der Waals surface area contributed by atoms with Crippen molar-refractivity contribution in [2.75, 3.05) is 6.61 Å². The van der Waals surface area contributed by atoms with E-state index in [4.69, 9.17) is 14.5 Å². The predicted molar refractivity (Wildman–Crippen MR) is 118 cm³/mol. The molecule has 0 saturated heterocycles. The van der Waals surface area contributed by atoms with E-state index in [2.05, 4.69) is 13.0 Å². The van der Waals surface area contributed by atoms with Crippen molar-refractivity contribution >= 4 is 16.9 Å². The van der Waals surface area contributed by atoms with E-state index in [1.54, 1.807) is 4.57 Å². The third-order valence-electron chi connectivity index (χ3n) is 6.48. The molecule has 2 aromatic heterocycles. The zero-order chi connectivity index (χ0) is 21.6. The highest BCUT2D eigenvalue weighted by Crippen LogP contribution is 2.40. The summed E-state index contributed by atoms with van der Waals surface area (Å²) in [6, 6.07) is 12.0. The van der Waals surface area contributed by atoms with E-state index in [0.717, 1.165) is 47.1 Å². The molecule has 1 atom stereocenters. The number of para-hydroxylation sites is 1. The number of cyclic esters (lactones) is 1. The summed E-state index contributed by atoms with van der Waals surface area (Å²) < 4.78 is 13.4. The first-order chi connectivity index (χ1) is 15.1. The van der Waals surface area contributed by atoms with E-state index in [1.807, 2.05) is 37.3 Å². The fourth-order valence-corrected chi connectivity index (χ4v) is 4.75. The second-order valence-electron chi connectivity index (χ2n) is 8.31. The van der Waals surface area contributed by atoms with Gasteiger partial charge in [0.15, 0.2) is 5.60 Å². The molecule has 31 heavy (non-hydrogen) atoms. The molecule has 160 valence electrons. The van der Waals surface area contributed by atoms with Crippen LogP contribution in [0.4, 0.5) is 0 Å². The van der Waals surface area contributed by atoms with Crippen LogP contribution in [0.2, 0.25) is 0 Å². The van der Waals surface area contributed by atoms with E-state index in [0.29, 0.717) is 30.7 Å². The standard InChI is InChI=1S/C25H26N2O4/c1-3-5-8-11-31-25(4-2)19-13-21-22-17(12-16-9-6-7-10-20(16)26-22)14-27(21)23(28)18(19)15-30-24(25)29/h6-7,9-10,12-13H,3-5,8,11,14-15H2,1-2H3/t25-/m0/s1. The normalized spacial score (nSPS) is 19.1. The smallest absolute Gasteiger partial charge is 0.343 e. The van der Waals surface area contributed by atoms with Crippen LogP contribution < -0.4 is 5.56 Å². The molecule has 0 radical (unpaired) electrons. The molecule has 2 aliphatic heterocycles. The van der Waals surface area contributed by atoms with Crippen molar-refractivity contribution in [1.29, 1.82) is 0 Å². The molecule has 6 heteroatoms. The number of nitrogens with zero attached hydrogens (tertiary/aromatic N) is 2. The lowest BCUT2D eigenvalue weighted by Crippen LogP contribution is -2.46. The van der Waals surface area contributed by atoms with Gasteiger partial charge in [-0.2, -0.15) is 0 Å². The number of benzene rings is 1. The Morgan fingerprint density at radius 1 is 1.16 bits per heavy atom. The van der Waals surface area contributed by atoms with Crippen LogP contribution >= 0.6 is 0 Å². The van der Waals surface area contributed by atoms with Gasteiger partial charge in [0.25, 0.3) is 5.56 Å². The number of carbonyl (C=O) groups is 1. The summed E-state index contributed by atoms with van der Waals surface area (Å²) >= 11 is 0. The molecule has 2 aliphatic rings. The Hall–Kier alpha value is -2.99. The molecule has 3 aromatic rings. The van der Waals surface area contributed by atoms with Gasteiger partial charge in [0.05, 0.1) is 29.0 Å². The van der Waals surface area contributed by atoms with E-state index in [-0.39, 0.29) is 12.2 Å². The summed E-state index contributed by atoms with van der Waals surface area (Å²) in [4.78, 5) is 31.2. The first kappa shape index (κ1) is 19.9. The van der Waals surface area contributed by atoms with Gasteiger partial charge in [0, 0.05) is 23.1 Å². The molecule has 0 unspecified atom stereocenters. The van der Waals surface area contributed by atoms with Crippen molar-refractivity contribution in [3.05, 3.63) is 63.4 Å². The Bertz CT molecular complexity index is 1250. The van der Waals surface area contributed by atoms with Gasteiger partial charge in [0.2, 0.25) is 0 Å². The second-order valence-corrected chi connectivity index (χ2v) is 8.31. The molecule has 0 amide bonds. The lowest BCUT2D eigenvalue weighted by molar-refractivity contribution is -0.181. The summed E-state index contributed by atoms with van der Waals surface area (Å²) in [5.41, 5.74) is 3.23. The Morgan fingerprint density at radius 3 is 2.81 bits per heavy atom. The molecule has 1 aromatic carbocycles. The minimum Gasteiger partial charge on any atom is -0.458 e. The number of aromatic nitrogens is 2. The molecular weight excluding hydrogens is 392 g/mol. The van der Waals surface area contributed by atoms with Gasteiger partial charge in [-0.3, -0.25) is 4.79 Å². The predicted octanol–water partition coefficient (Wildman–Crippen LogP) is 4.29. The quantitative estimate of drug-likeness (QED) is 0.345. The van der Waals surface area contributed by atoms with Crippen LogP contribution in [0.15, 0.2) is 41.2 Å². The first-order valence-electron chi connectivity index (χ1n) is 11.1. The van der Waals surface area contributed by atoms with Crippen molar-refractivity contribution in [3.63, 3.8) is 0 Å². The second kappa shape index (κ2) is 7.61. The van der Waals surface area contributed by atoms with Crippen LogP contribution in [0.5, 0.6) is 0 Å². The van der Waals surface area contributed by atoms with Gasteiger partial charge in [-0.05, 0) is 31.0 Å². The molecule has 0 bridgehead atoms. The summed E-state index contributed by atoms with van der Waals surface area (Å²) in [5.74, 6) is -0.409. The number of ether oxygens (including phenoxy) is 2. The molecule has 0 spiro atoms. The van der Waals surface area contributed by atoms with Crippen LogP contribution in [-0.4, -0.2) is 22.1 Å². The highest BCUT2D eigenvalue weighted by Gasteiger charge is 2.48. The Balaban J connectivity index is 1.67. The first-order valence-corrected chi connectivity index (χ1v) is 11.1. The maximum absolute atomic E-state index is 13.4. The summed E-state index contributed by atoms with van der Waals surface area (Å²) in [7, 11) is 0. The van der Waals surface area contributed by atoms with E-state index in [1.165, 1.54) is 0 Å². The molecule has 5 rings (SSSR count). The van der Waals surface area contributed by atoms with Gasteiger partial charge in [-0.25, -0.2) is 9.78 Å². The topological polar surface area (TPSA) is 70.4 Å². The zero-order valence-electron chi connectivity index (χ0n) is 17.9. The lowest BCUT2D eigenvalue weighted by Gasteiger charge is -2.36. The molecule has 6 nitrogen and oxygen atoms in total. The zero-order valence-corrected chi connectivity index (χ0v) is 17.9. The van der Waals surface area contributed by atoms with E-state index < -0.39 is 11.6 Å². The monoisotopic (exact) mass is 418 g/mol. The van der Waals surface area contributed by atoms with Gasteiger partial charge >= 0.3 is 5.97 Å². The number of hydrogen-bond donors (Lipinski definition) is 0. The number of rotatable bonds is 6.